The van der Waals surface area contributed by atoms with Crippen LogP contribution < -0.4 is 5.73 Å². The van der Waals surface area contributed by atoms with Crippen LogP contribution in [0.2, 0.25) is 0 Å². The van der Waals surface area contributed by atoms with Crippen LogP contribution in [0, 0.1) is 0 Å². The van der Waals surface area contributed by atoms with E-state index in [9.17, 15) is 0 Å². The highest BCUT2D eigenvalue weighted by Gasteiger charge is 2.22. The summed E-state index contributed by atoms with van der Waals surface area (Å²) in [5, 5.41) is 0. The Morgan fingerprint density at radius 1 is 1.05 bits per heavy atom. The Morgan fingerprint density at radius 2 is 1.71 bits per heavy atom. The summed E-state index contributed by atoms with van der Waals surface area (Å²) < 4.78 is 7.33. The van der Waals surface area contributed by atoms with Crippen molar-refractivity contribution in [2.45, 2.75) is 38.5 Å². The maximum atomic E-state index is 6.29. The summed E-state index contributed by atoms with van der Waals surface area (Å²) in [6.45, 7) is 4.16. The van der Waals surface area contributed by atoms with Crippen LogP contribution in [0.4, 0.5) is 0 Å². The van der Waals surface area contributed by atoms with Gasteiger partial charge >= 0.3 is 0 Å². The average Bonchev–Trinajstić information content (AvgIpc) is 2.52. The summed E-state index contributed by atoms with van der Waals surface area (Å²) in [5.41, 5.74) is 8.57. The van der Waals surface area contributed by atoms with Gasteiger partial charge in [-0.1, -0.05) is 65.3 Å². The topological polar surface area (TPSA) is 35.2 Å². The second-order valence-corrected chi connectivity index (χ2v) is 6.15. The molecule has 0 bridgehead atoms. The van der Waals surface area contributed by atoms with Crippen LogP contribution in [0.15, 0.2) is 59.1 Å². The fourth-order valence-electron chi connectivity index (χ4n) is 2.35. The van der Waals surface area contributed by atoms with E-state index in [-0.39, 0.29) is 18.2 Å². The molecule has 2 aromatic rings. The molecule has 0 aliphatic carbocycles. The van der Waals surface area contributed by atoms with Gasteiger partial charge < -0.3 is 10.5 Å². The van der Waals surface area contributed by atoms with Gasteiger partial charge in [0.05, 0.1) is 12.2 Å². The Kier molecular flexibility index (Phi) is 5.97. The normalized spacial score (nSPS) is 15.4. The van der Waals surface area contributed by atoms with E-state index < -0.39 is 0 Å². The molecule has 3 unspecified atom stereocenters. The Bertz CT molecular complexity index is 558. The predicted octanol–water partition coefficient (Wildman–Crippen LogP) is 5.01. The number of hydrogen-bond donors (Lipinski definition) is 1. The van der Waals surface area contributed by atoms with Crippen molar-refractivity contribution >= 4 is 15.9 Å². The van der Waals surface area contributed by atoms with Crippen molar-refractivity contribution in [3.8, 4) is 0 Å². The minimum Gasteiger partial charge on any atom is -0.364 e. The number of ether oxygens (including phenoxy) is 1. The molecular formula is C18H22BrNO. The number of nitrogens with two attached hydrogens (primary N) is 1. The Hall–Kier alpha value is -1.16. The number of rotatable bonds is 6. The molecule has 0 amide bonds. The van der Waals surface area contributed by atoms with Crippen molar-refractivity contribution in [1.82, 2.24) is 0 Å². The van der Waals surface area contributed by atoms with E-state index in [2.05, 4.69) is 54.0 Å². The summed E-state index contributed by atoms with van der Waals surface area (Å²) >= 11 is 3.52. The zero-order valence-electron chi connectivity index (χ0n) is 12.5. The molecule has 0 radical (unpaired) electrons. The molecule has 0 saturated carbocycles. The molecule has 2 rings (SSSR count). The summed E-state index contributed by atoms with van der Waals surface area (Å²) in [6, 6.07) is 18.4. The van der Waals surface area contributed by atoms with Gasteiger partial charge in [-0.15, -0.1) is 0 Å². The van der Waals surface area contributed by atoms with Crippen molar-refractivity contribution in [2.24, 2.45) is 5.73 Å². The molecule has 0 heterocycles. The lowest BCUT2D eigenvalue weighted by atomic mass is 10.00. The Balaban J connectivity index is 2.21. The molecule has 112 valence electrons. The lowest BCUT2D eigenvalue weighted by Gasteiger charge is -2.27. The standard InChI is InChI=1S/C18H22BrNO/c1-3-17(20)18(15-10-7-11-16(19)12-15)21-13(2)14-8-5-4-6-9-14/h4-13,17-18H,3,20H2,1-2H3. The maximum Gasteiger partial charge on any atom is 0.0984 e. The largest absolute Gasteiger partial charge is 0.364 e. The number of hydrogen-bond acceptors (Lipinski definition) is 2. The van der Waals surface area contributed by atoms with Crippen molar-refractivity contribution < 1.29 is 4.74 Å². The third kappa shape index (κ3) is 4.40. The first kappa shape index (κ1) is 16.2. The second kappa shape index (κ2) is 7.74. The minimum atomic E-state index is -0.109. The molecule has 0 aromatic heterocycles. The first-order valence-corrected chi connectivity index (χ1v) is 8.12. The van der Waals surface area contributed by atoms with Crippen LogP contribution in [0.5, 0.6) is 0 Å². The first-order valence-electron chi connectivity index (χ1n) is 7.33. The van der Waals surface area contributed by atoms with Gasteiger partial charge in [0.15, 0.2) is 0 Å². The summed E-state index contributed by atoms with van der Waals surface area (Å²) in [5.74, 6) is 0. The highest BCUT2D eigenvalue weighted by atomic mass is 79.9. The summed E-state index contributed by atoms with van der Waals surface area (Å²) in [6.07, 6.45) is 0.772. The fraction of sp³-hybridized carbons (Fsp3) is 0.333. The SMILES string of the molecule is CCC(N)C(OC(C)c1ccccc1)c1cccc(Br)c1. The molecule has 0 saturated heterocycles. The molecule has 0 fully saturated rings. The molecule has 0 spiro atoms. The van der Waals surface area contributed by atoms with Gasteiger partial charge in [-0.25, -0.2) is 0 Å². The summed E-state index contributed by atoms with van der Waals surface area (Å²) in [7, 11) is 0. The third-order valence-corrected chi connectivity index (χ3v) is 4.15. The molecule has 21 heavy (non-hydrogen) atoms. The van der Waals surface area contributed by atoms with E-state index in [1.165, 1.54) is 5.56 Å². The van der Waals surface area contributed by atoms with Gasteiger partial charge in [0, 0.05) is 10.5 Å². The van der Waals surface area contributed by atoms with Crippen LogP contribution in [0.3, 0.4) is 0 Å². The highest BCUT2D eigenvalue weighted by molar-refractivity contribution is 9.10. The average molecular weight is 348 g/mol. The van der Waals surface area contributed by atoms with Gasteiger partial charge in [0.2, 0.25) is 0 Å². The second-order valence-electron chi connectivity index (χ2n) is 5.24. The van der Waals surface area contributed by atoms with Crippen molar-refractivity contribution in [3.63, 3.8) is 0 Å². The van der Waals surface area contributed by atoms with E-state index >= 15 is 0 Å². The van der Waals surface area contributed by atoms with Gasteiger partial charge in [0.25, 0.3) is 0 Å². The van der Waals surface area contributed by atoms with Crippen LogP contribution in [0.25, 0.3) is 0 Å². The maximum absolute atomic E-state index is 6.29. The number of benzene rings is 2. The molecule has 2 N–H and O–H groups in total. The van der Waals surface area contributed by atoms with Gasteiger partial charge in [0.1, 0.15) is 0 Å². The van der Waals surface area contributed by atoms with Crippen LogP contribution >= 0.6 is 15.9 Å². The van der Waals surface area contributed by atoms with E-state index in [4.69, 9.17) is 10.5 Å². The lowest BCUT2D eigenvalue weighted by Crippen LogP contribution is -2.30. The van der Waals surface area contributed by atoms with E-state index in [0.717, 1.165) is 16.5 Å². The van der Waals surface area contributed by atoms with Crippen molar-refractivity contribution in [1.29, 1.82) is 0 Å². The smallest absolute Gasteiger partial charge is 0.0984 e. The van der Waals surface area contributed by atoms with E-state index in [1.54, 1.807) is 0 Å². The molecule has 3 atom stereocenters. The Labute approximate surface area is 135 Å². The Morgan fingerprint density at radius 3 is 2.33 bits per heavy atom. The number of halogens is 1. The molecule has 0 aliphatic rings. The third-order valence-electron chi connectivity index (χ3n) is 3.66. The molecule has 3 heteroatoms. The molecule has 2 nitrogen and oxygen atoms in total. The van der Waals surface area contributed by atoms with Crippen LogP contribution in [0.1, 0.15) is 43.6 Å². The lowest BCUT2D eigenvalue weighted by molar-refractivity contribution is -0.0199. The minimum absolute atomic E-state index is 0.00721. The van der Waals surface area contributed by atoms with Gasteiger partial charge in [-0.05, 0) is 36.6 Å². The first-order chi connectivity index (χ1) is 10.1. The van der Waals surface area contributed by atoms with Gasteiger partial charge in [-0.2, -0.15) is 0 Å². The zero-order chi connectivity index (χ0) is 15.2. The van der Waals surface area contributed by atoms with Crippen molar-refractivity contribution in [2.75, 3.05) is 0 Å². The van der Waals surface area contributed by atoms with Gasteiger partial charge in [-0.3, -0.25) is 0 Å². The van der Waals surface area contributed by atoms with E-state index in [1.807, 2.05) is 30.3 Å². The molecule has 2 aromatic carbocycles. The monoisotopic (exact) mass is 347 g/mol. The van der Waals surface area contributed by atoms with Crippen LogP contribution in [-0.2, 0) is 4.74 Å². The van der Waals surface area contributed by atoms with Crippen molar-refractivity contribution in [3.05, 3.63) is 70.2 Å². The summed E-state index contributed by atoms with van der Waals surface area (Å²) in [4.78, 5) is 0. The molecular weight excluding hydrogens is 326 g/mol. The zero-order valence-corrected chi connectivity index (χ0v) is 14.1. The van der Waals surface area contributed by atoms with E-state index in [0.29, 0.717) is 0 Å². The highest BCUT2D eigenvalue weighted by Crippen LogP contribution is 2.30. The van der Waals surface area contributed by atoms with Crippen LogP contribution in [-0.4, -0.2) is 6.04 Å². The predicted molar refractivity (Wildman–Crippen MR) is 91.1 cm³/mol. The molecule has 0 aliphatic heterocycles. The fourth-order valence-corrected chi connectivity index (χ4v) is 2.76. The quantitative estimate of drug-likeness (QED) is 0.797.